The van der Waals surface area contributed by atoms with Gasteiger partial charge in [-0.25, -0.2) is 0 Å². The third kappa shape index (κ3) is 4.75. The number of fused-ring (bicyclic) bond motifs is 1. The third-order valence-corrected chi connectivity index (χ3v) is 6.39. The minimum absolute atomic E-state index is 0.122. The molecular weight excluding hydrogens is 410 g/mol. The molecule has 4 nitrogen and oxygen atoms in total. The SMILES string of the molecule is CN1C(=CC(=O)COC(=O)CC(c2ccccc2)c2ccccc2)C(C)(C)c2ccccc21. The molecule has 0 radical (unpaired) electrons. The standard InChI is InChI=1S/C29H29NO3/c1-29(2)25-16-10-11-17-26(25)30(3)27(29)18-23(31)20-33-28(32)19-24(21-12-6-4-7-13-21)22-14-8-5-9-15-22/h4-18,24H,19-20H2,1-3H3. The van der Waals surface area contributed by atoms with Crippen LogP contribution in [0.3, 0.4) is 0 Å². The van der Waals surface area contributed by atoms with Gasteiger partial charge >= 0.3 is 5.97 Å². The molecule has 0 fully saturated rings. The molecule has 0 unspecified atom stereocenters. The van der Waals surface area contributed by atoms with Crippen molar-refractivity contribution in [2.24, 2.45) is 0 Å². The first-order chi connectivity index (χ1) is 15.9. The van der Waals surface area contributed by atoms with E-state index in [2.05, 4.69) is 26.0 Å². The average molecular weight is 440 g/mol. The fourth-order valence-electron chi connectivity index (χ4n) is 4.63. The van der Waals surface area contributed by atoms with Crippen LogP contribution in [0.25, 0.3) is 0 Å². The monoisotopic (exact) mass is 439 g/mol. The van der Waals surface area contributed by atoms with E-state index in [0.29, 0.717) is 0 Å². The molecule has 3 aromatic rings. The van der Waals surface area contributed by atoms with Gasteiger partial charge in [0.05, 0.1) is 6.42 Å². The summed E-state index contributed by atoms with van der Waals surface area (Å²) in [5.74, 6) is -0.730. The number of allylic oxidation sites excluding steroid dienone is 1. The molecule has 4 rings (SSSR count). The maximum atomic E-state index is 12.7. The number of esters is 1. The van der Waals surface area contributed by atoms with Crippen molar-refractivity contribution < 1.29 is 14.3 Å². The zero-order valence-corrected chi connectivity index (χ0v) is 19.3. The van der Waals surface area contributed by atoms with Gasteiger partial charge in [0, 0.05) is 35.8 Å². The Hall–Kier alpha value is -3.66. The summed E-state index contributed by atoms with van der Waals surface area (Å²) in [5, 5.41) is 0. The van der Waals surface area contributed by atoms with Crippen LogP contribution in [0.1, 0.15) is 42.9 Å². The number of ether oxygens (including phenoxy) is 1. The lowest BCUT2D eigenvalue weighted by Gasteiger charge is -2.24. The van der Waals surface area contributed by atoms with Crippen LogP contribution in [0.15, 0.2) is 96.7 Å². The summed E-state index contributed by atoms with van der Waals surface area (Å²) in [7, 11) is 1.96. The van der Waals surface area contributed by atoms with Crippen molar-refractivity contribution in [2.75, 3.05) is 18.6 Å². The second-order valence-corrected chi connectivity index (χ2v) is 8.94. The predicted octanol–water partition coefficient (Wildman–Crippen LogP) is 5.63. The Morgan fingerprint density at radius 2 is 1.42 bits per heavy atom. The number of carbonyl (C=O) groups is 2. The number of rotatable bonds is 7. The Labute approximate surface area is 195 Å². The number of benzene rings is 3. The minimum atomic E-state index is -0.387. The van der Waals surface area contributed by atoms with E-state index in [1.807, 2.05) is 84.7 Å². The van der Waals surface area contributed by atoms with E-state index in [4.69, 9.17) is 4.74 Å². The van der Waals surface area contributed by atoms with Crippen molar-refractivity contribution in [2.45, 2.75) is 31.6 Å². The second kappa shape index (κ2) is 9.45. The van der Waals surface area contributed by atoms with Gasteiger partial charge in [-0.1, -0.05) is 92.7 Å². The van der Waals surface area contributed by atoms with E-state index < -0.39 is 0 Å². The summed E-state index contributed by atoms with van der Waals surface area (Å²) in [6.07, 6.45) is 1.79. The van der Waals surface area contributed by atoms with E-state index in [9.17, 15) is 9.59 Å². The Morgan fingerprint density at radius 3 is 2.00 bits per heavy atom. The summed E-state index contributed by atoms with van der Waals surface area (Å²) in [6, 6.07) is 27.9. The topological polar surface area (TPSA) is 46.6 Å². The van der Waals surface area contributed by atoms with Crippen molar-refractivity contribution in [1.29, 1.82) is 0 Å². The van der Waals surface area contributed by atoms with E-state index in [1.54, 1.807) is 6.08 Å². The fraction of sp³-hybridized carbons (Fsp3) is 0.241. The highest BCUT2D eigenvalue weighted by molar-refractivity contribution is 5.94. The average Bonchev–Trinajstić information content (AvgIpc) is 3.03. The van der Waals surface area contributed by atoms with Crippen LogP contribution in [0.2, 0.25) is 0 Å². The molecule has 0 saturated heterocycles. The number of hydrogen-bond donors (Lipinski definition) is 0. The first-order valence-electron chi connectivity index (χ1n) is 11.2. The molecule has 0 amide bonds. The quantitative estimate of drug-likeness (QED) is 0.353. The molecule has 0 N–H and O–H groups in total. The summed E-state index contributed by atoms with van der Waals surface area (Å²) in [4.78, 5) is 27.5. The van der Waals surface area contributed by atoms with Gasteiger partial charge in [0.25, 0.3) is 0 Å². The van der Waals surface area contributed by atoms with E-state index in [1.165, 1.54) is 5.56 Å². The Bertz CT molecular complexity index is 1130. The summed E-state index contributed by atoms with van der Waals surface area (Å²) in [6.45, 7) is 3.94. The van der Waals surface area contributed by atoms with Crippen molar-refractivity contribution >= 4 is 17.4 Å². The van der Waals surface area contributed by atoms with Gasteiger partial charge in [0.1, 0.15) is 0 Å². The van der Waals surface area contributed by atoms with Crippen molar-refractivity contribution in [3.05, 3.63) is 113 Å². The molecule has 4 heteroatoms. The fourth-order valence-corrected chi connectivity index (χ4v) is 4.63. The molecule has 1 aliphatic heterocycles. The van der Waals surface area contributed by atoms with Gasteiger partial charge in [0.15, 0.2) is 12.4 Å². The predicted molar refractivity (Wildman–Crippen MR) is 131 cm³/mol. The van der Waals surface area contributed by atoms with Gasteiger partial charge in [-0.05, 0) is 22.8 Å². The summed E-state index contributed by atoms with van der Waals surface area (Å²) in [5.41, 5.74) is 4.96. The van der Waals surface area contributed by atoms with E-state index in [-0.39, 0.29) is 36.1 Å². The molecule has 0 spiro atoms. The number of para-hydroxylation sites is 1. The van der Waals surface area contributed by atoms with E-state index >= 15 is 0 Å². The van der Waals surface area contributed by atoms with Crippen LogP contribution in [0.4, 0.5) is 5.69 Å². The first kappa shape index (κ1) is 22.5. The minimum Gasteiger partial charge on any atom is -0.457 e. The lowest BCUT2D eigenvalue weighted by Crippen LogP contribution is -2.25. The molecule has 3 aromatic carbocycles. The molecule has 0 atom stereocenters. The lowest BCUT2D eigenvalue weighted by atomic mass is 9.83. The van der Waals surface area contributed by atoms with Crippen molar-refractivity contribution in [3.63, 3.8) is 0 Å². The molecule has 0 bridgehead atoms. The van der Waals surface area contributed by atoms with Gasteiger partial charge in [-0.15, -0.1) is 0 Å². The van der Waals surface area contributed by atoms with Crippen molar-refractivity contribution in [3.8, 4) is 0 Å². The normalized spacial score (nSPS) is 15.5. The largest absolute Gasteiger partial charge is 0.457 e. The summed E-state index contributed by atoms with van der Waals surface area (Å²) >= 11 is 0. The van der Waals surface area contributed by atoms with Crippen LogP contribution < -0.4 is 4.90 Å². The Morgan fingerprint density at radius 1 is 0.879 bits per heavy atom. The zero-order valence-electron chi connectivity index (χ0n) is 19.3. The molecule has 168 valence electrons. The van der Waals surface area contributed by atoms with Crippen LogP contribution in [-0.2, 0) is 19.7 Å². The van der Waals surface area contributed by atoms with Crippen LogP contribution in [-0.4, -0.2) is 25.4 Å². The number of hydrogen-bond acceptors (Lipinski definition) is 4. The van der Waals surface area contributed by atoms with Gasteiger partial charge in [-0.3, -0.25) is 9.59 Å². The van der Waals surface area contributed by atoms with E-state index in [0.717, 1.165) is 22.5 Å². The molecule has 1 heterocycles. The lowest BCUT2D eigenvalue weighted by molar-refractivity contribution is -0.147. The van der Waals surface area contributed by atoms with Gasteiger partial charge in [0.2, 0.25) is 0 Å². The molecule has 0 aromatic heterocycles. The molecular formula is C29H29NO3. The van der Waals surface area contributed by atoms with Crippen LogP contribution in [0, 0.1) is 0 Å². The molecule has 0 aliphatic carbocycles. The molecule has 33 heavy (non-hydrogen) atoms. The molecule has 1 aliphatic rings. The third-order valence-electron chi connectivity index (χ3n) is 6.39. The number of anilines is 1. The summed E-state index contributed by atoms with van der Waals surface area (Å²) < 4.78 is 5.42. The Kier molecular flexibility index (Phi) is 6.45. The first-order valence-corrected chi connectivity index (χ1v) is 11.2. The highest BCUT2D eigenvalue weighted by Crippen LogP contribution is 2.46. The highest BCUT2D eigenvalue weighted by Gasteiger charge is 2.38. The highest BCUT2D eigenvalue weighted by atomic mass is 16.5. The number of nitrogens with zero attached hydrogens (tertiary/aromatic N) is 1. The van der Waals surface area contributed by atoms with Gasteiger partial charge in [-0.2, -0.15) is 0 Å². The van der Waals surface area contributed by atoms with Gasteiger partial charge < -0.3 is 9.64 Å². The number of ketones is 1. The smallest absolute Gasteiger partial charge is 0.307 e. The maximum Gasteiger partial charge on any atom is 0.307 e. The number of likely N-dealkylation sites (N-methyl/N-ethyl adjacent to an activating group) is 1. The Balaban J connectivity index is 1.44. The number of carbonyl (C=O) groups excluding carboxylic acids is 2. The zero-order chi connectivity index (χ0) is 23.4. The molecule has 0 saturated carbocycles. The maximum absolute atomic E-state index is 12.7. The second-order valence-electron chi connectivity index (χ2n) is 8.94. The van der Waals surface area contributed by atoms with Crippen LogP contribution in [0.5, 0.6) is 0 Å². The van der Waals surface area contributed by atoms with Crippen LogP contribution >= 0.6 is 0 Å². The van der Waals surface area contributed by atoms with Crippen molar-refractivity contribution in [1.82, 2.24) is 0 Å².